The number of nitrogens with zero attached hydrogens (tertiary/aromatic N) is 4. The van der Waals surface area contributed by atoms with E-state index in [4.69, 9.17) is 0 Å². The maximum absolute atomic E-state index is 4.53. The van der Waals surface area contributed by atoms with Crippen LogP contribution < -0.4 is 10.6 Å². The SMILES string of the molecule is CCc1nc(NC)cc(NCC2CN(C)CCN2C)n1. The first-order valence-electron chi connectivity index (χ1n) is 7.30. The first-order valence-corrected chi connectivity index (χ1v) is 7.30. The molecule has 1 atom stereocenters. The molecule has 1 fully saturated rings. The highest BCUT2D eigenvalue weighted by molar-refractivity contribution is 5.47. The van der Waals surface area contributed by atoms with E-state index in [1.165, 1.54) is 0 Å². The van der Waals surface area contributed by atoms with Crippen LogP contribution in [0.2, 0.25) is 0 Å². The van der Waals surface area contributed by atoms with Crippen molar-refractivity contribution in [3.63, 3.8) is 0 Å². The third kappa shape index (κ3) is 3.80. The van der Waals surface area contributed by atoms with Crippen LogP contribution >= 0.6 is 0 Å². The summed E-state index contributed by atoms with van der Waals surface area (Å²) in [5, 5.41) is 6.54. The van der Waals surface area contributed by atoms with E-state index >= 15 is 0 Å². The third-order valence-electron chi connectivity index (χ3n) is 3.84. The Labute approximate surface area is 121 Å². The van der Waals surface area contributed by atoms with Gasteiger partial charge >= 0.3 is 0 Å². The second kappa shape index (κ2) is 6.85. The van der Waals surface area contributed by atoms with Gasteiger partial charge in [0.1, 0.15) is 17.5 Å². The van der Waals surface area contributed by atoms with Gasteiger partial charge in [0.15, 0.2) is 0 Å². The standard InChI is InChI=1S/C14H26N6/c1-5-12-17-13(15-2)8-14(18-12)16-9-11-10-19(3)6-7-20(11)4/h8,11H,5-7,9-10H2,1-4H3,(H2,15,16,17,18). The van der Waals surface area contributed by atoms with Crippen LogP contribution in [0.25, 0.3) is 0 Å². The van der Waals surface area contributed by atoms with Crippen molar-refractivity contribution < 1.29 is 0 Å². The van der Waals surface area contributed by atoms with E-state index in [1.807, 2.05) is 13.1 Å². The van der Waals surface area contributed by atoms with Gasteiger partial charge < -0.3 is 15.5 Å². The monoisotopic (exact) mass is 278 g/mol. The molecule has 0 aromatic carbocycles. The van der Waals surface area contributed by atoms with Gasteiger partial charge in [-0.05, 0) is 14.1 Å². The lowest BCUT2D eigenvalue weighted by molar-refractivity contribution is 0.122. The zero-order valence-corrected chi connectivity index (χ0v) is 13.0. The lowest BCUT2D eigenvalue weighted by atomic mass is 10.2. The zero-order chi connectivity index (χ0) is 14.5. The van der Waals surface area contributed by atoms with Gasteiger partial charge in [-0.3, -0.25) is 4.90 Å². The molecule has 112 valence electrons. The molecule has 0 aliphatic carbocycles. The molecule has 0 bridgehead atoms. The van der Waals surface area contributed by atoms with Crippen molar-refractivity contribution in [3.05, 3.63) is 11.9 Å². The van der Waals surface area contributed by atoms with Crippen LogP contribution in [-0.4, -0.2) is 73.1 Å². The molecule has 1 aromatic heterocycles. The quantitative estimate of drug-likeness (QED) is 0.828. The summed E-state index contributed by atoms with van der Waals surface area (Å²) in [5.74, 6) is 2.64. The first kappa shape index (κ1) is 15.0. The van der Waals surface area contributed by atoms with Crippen LogP contribution in [-0.2, 0) is 6.42 Å². The van der Waals surface area contributed by atoms with Crippen LogP contribution in [0, 0.1) is 0 Å². The normalized spacial score (nSPS) is 20.9. The number of piperazine rings is 1. The Balaban J connectivity index is 1.99. The van der Waals surface area contributed by atoms with Gasteiger partial charge in [0.25, 0.3) is 0 Å². The maximum Gasteiger partial charge on any atom is 0.132 e. The number of nitrogens with one attached hydrogen (secondary N) is 2. The van der Waals surface area contributed by atoms with Gasteiger partial charge in [0.2, 0.25) is 0 Å². The van der Waals surface area contributed by atoms with Gasteiger partial charge in [-0.2, -0.15) is 0 Å². The Morgan fingerprint density at radius 1 is 1.25 bits per heavy atom. The zero-order valence-electron chi connectivity index (χ0n) is 13.0. The molecule has 0 saturated carbocycles. The highest BCUT2D eigenvalue weighted by Gasteiger charge is 2.21. The lowest BCUT2D eigenvalue weighted by Crippen LogP contribution is -2.52. The number of aryl methyl sites for hydroxylation is 1. The minimum atomic E-state index is 0.520. The van der Waals surface area contributed by atoms with Gasteiger partial charge in [0.05, 0.1) is 0 Å². The average molecular weight is 278 g/mol. The minimum absolute atomic E-state index is 0.520. The summed E-state index contributed by atoms with van der Waals surface area (Å²) >= 11 is 0. The molecule has 6 nitrogen and oxygen atoms in total. The van der Waals surface area contributed by atoms with Crippen LogP contribution in [0.5, 0.6) is 0 Å². The van der Waals surface area contributed by atoms with E-state index in [0.29, 0.717) is 6.04 Å². The van der Waals surface area contributed by atoms with Crippen molar-refractivity contribution >= 4 is 11.6 Å². The smallest absolute Gasteiger partial charge is 0.132 e. The van der Waals surface area contributed by atoms with Crippen molar-refractivity contribution in [2.75, 3.05) is 58.0 Å². The van der Waals surface area contributed by atoms with Gasteiger partial charge in [0, 0.05) is 51.8 Å². The molecule has 0 spiro atoms. The van der Waals surface area contributed by atoms with Gasteiger partial charge in [-0.1, -0.05) is 6.92 Å². The number of hydrogen-bond donors (Lipinski definition) is 2. The molecule has 0 amide bonds. The fourth-order valence-corrected chi connectivity index (χ4v) is 2.42. The second-order valence-corrected chi connectivity index (χ2v) is 5.44. The second-order valence-electron chi connectivity index (χ2n) is 5.44. The molecule has 1 aliphatic rings. The molecule has 1 unspecified atom stereocenters. The molecule has 2 heterocycles. The molecular weight excluding hydrogens is 252 g/mol. The fraction of sp³-hybridized carbons (Fsp3) is 0.714. The van der Waals surface area contributed by atoms with Crippen LogP contribution in [0.1, 0.15) is 12.7 Å². The Kier molecular flexibility index (Phi) is 5.14. The molecule has 0 radical (unpaired) electrons. The Hall–Kier alpha value is -1.40. The molecule has 2 rings (SSSR count). The van der Waals surface area contributed by atoms with E-state index in [2.05, 4.69) is 51.4 Å². The average Bonchev–Trinajstić information content (AvgIpc) is 2.47. The van der Waals surface area contributed by atoms with E-state index < -0.39 is 0 Å². The van der Waals surface area contributed by atoms with Crippen molar-refractivity contribution in [3.8, 4) is 0 Å². The molecule has 6 heteroatoms. The predicted molar refractivity (Wildman–Crippen MR) is 83.4 cm³/mol. The summed E-state index contributed by atoms with van der Waals surface area (Å²) in [6, 6.07) is 2.48. The Bertz CT molecular complexity index is 413. The molecule has 1 aromatic rings. The van der Waals surface area contributed by atoms with E-state index in [0.717, 1.165) is 50.1 Å². The molecule has 20 heavy (non-hydrogen) atoms. The van der Waals surface area contributed by atoms with Crippen LogP contribution in [0.15, 0.2) is 6.07 Å². The highest BCUT2D eigenvalue weighted by Crippen LogP contribution is 2.13. The topological polar surface area (TPSA) is 56.3 Å². The van der Waals surface area contributed by atoms with E-state index in [1.54, 1.807) is 0 Å². The Morgan fingerprint density at radius 2 is 2.00 bits per heavy atom. The summed E-state index contributed by atoms with van der Waals surface area (Å²) in [7, 11) is 6.25. The molecule has 2 N–H and O–H groups in total. The summed E-state index contributed by atoms with van der Waals surface area (Å²) < 4.78 is 0. The summed E-state index contributed by atoms with van der Waals surface area (Å²) in [6.45, 7) is 6.33. The molecule has 1 aliphatic heterocycles. The van der Waals surface area contributed by atoms with Crippen LogP contribution in [0.4, 0.5) is 11.6 Å². The van der Waals surface area contributed by atoms with Crippen molar-refractivity contribution in [2.45, 2.75) is 19.4 Å². The van der Waals surface area contributed by atoms with Crippen molar-refractivity contribution in [1.29, 1.82) is 0 Å². The number of aromatic nitrogens is 2. The third-order valence-corrected chi connectivity index (χ3v) is 3.84. The van der Waals surface area contributed by atoms with Crippen LogP contribution in [0.3, 0.4) is 0 Å². The maximum atomic E-state index is 4.53. The number of anilines is 2. The van der Waals surface area contributed by atoms with Gasteiger partial charge in [-0.15, -0.1) is 0 Å². The minimum Gasteiger partial charge on any atom is -0.373 e. The number of hydrogen-bond acceptors (Lipinski definition) is 6. The van der Waals surface area contributed by atoms with Gasteiger partial charge in [-0.25, -0.2) is 9.97 Å². The highest BCUT2D eigenvalue weighted by atomic mass is 15.3. The number of rotatable bonds is 5. The van der Waals surface area contributed by atoms with E-state index in [9.17, 15) is 0 Å². The largest absolute Gasteiger partial charge is 0.373 e. The molecular formula is C14H26N6. The fourth-order valence-electron chi connectivity index (χ4n) is 2.42. The predicted octanol–water partition coefficient (Wildman–Crippen LogP) is 0.738. The van der Waals surface area contributed by atoms with Crippen molar-refractivity contribution in [2.24, 2.45) is 0 Å². The first-order chi connectivity index (χ1) is 9.62. The molecule has 1 saturated heterocycles. The summed E-state index contributed by atoms with van der Waals surface area (Å²) in [5.41, 5.74) is 0. The number of likely N-dealkylation sites (N-methyl/N-ethyl adjacent to an activating group) is 2. The summed E-state index contributed by atoms with van der Waals surface area (Å²) in [4.78, 5) is 13.7. The lowest BCUT2D eigenvalue weighted by Gasteiger charge is -2.37. The van der Waals surface area contributed by atoms with Crippen molar-refractivity contribution in [1.82, 2.24) is 19.8 Å². The Morgan fingerprint density at radius 3 is 2.70 bits per heavy atom. The van der Waals surface area contributed by atoms with E-state index in [-0.39, 0.29) is 0 Å². The summed E-state index contributed by atoms with van der Waals surface area (Å²) in [6.07, 6.45) is 0.844.